The van der Waals surface area contributed by atoms with E-state index in [1.807, 2.05) is 42.5 Å². The van der Waals surface area contributed by atoms with E-state index in [-0.39, 0.29) is 18.0 Å². The molecule has 5 rings (SSSR count). The summed E-state index contributed by atoms with van der Waals surface area (Å²) in [5.74, 6) is 1.02. The largest absolute Gasteiger partial charge is 0.328 e. The van der Waals surface area contributed by atoms with Crippen molar-refractivity contribution in [3.8, 4) is 0 Å². The first-order valence-corrected chi connectivity index (χ1v) is 10.5. The van der Waals surface area contributed by atoms with Gasteiger partial charge in [0.2, 0.25) is 5.91 Å². The van der Waals surface area contributed by atoms with Gasteiger partial charge in [0.1, 0.15) is 5.82 Å². The summed E-state index contributed by atoms with van der Waals surface area (Å²) in [5, 5.41) is 2.96. The van der Waals surface area contributed by atoms with Gasteiger partial charge in [0.15, 0.2) is 0 Å². The van der Waals surface area contributed by atoms with Crippen molar-refractivity contribution >= 4 is 33.7 Å². The zero-order valence-corrected chi connectivity index (χ0v) is 17.1. The van der Waals surface area contributed by atoms with E-state index in [2.05, 4.69) is 9.88 Å². The van der Waals surface area contributed by atoms with Crippen LogP contribution in [0.2, 0.25) is 0 Å². The average Bonchev–Trinajstić information content (AvgIpc) is 3.09. The molecule has 0 fully saturated rings. The van der Waals surface area contributed by atoms with Crippen LogP contribution in [0.15, 0.2) is 47.3 Å². The Labute approximate surface area is 173 Å². The molecule has 0 bridgehead atoms. The first-order valence-electron chi connectivity index (χ1n) is 10.5. The van der Waals surface area contributed by atoms with Crippen LogP contribution in [0.5, 0.6) is 0 Å². The summed E-state index contributed by atoms with van der Waals surface area (Å²) in [4.78, 5) is 29.9. The van der Waals surface area contributed by atoms with E-state index >= 15 is 0 Å². The van der Waals surface area contributed by atoms with Gasteiger partial charge in [-0.05, 0) is 43.2 Å². The number of hydrogen-bond acceptors (Lipinski definition) is 3. The normalized spacial score (nSPS) is 14.0. The maximum atomic E-state index is 12.6. The summed E-state index contributed by atoms with van der Waals surface area (Å²) >= 11 is 0. The van der Waals surface area contributed by atoms with Crippen molar-refractivity contribution in [3.05, 3.63) is 58.8 Å². The van der Waals surface area contributed by atoms with Gasteiger partial charge < -0.3 is 9.88 Å². The summed E-state index contributed by atoms with van der Waals surface area (Å²) in [6.45, 7) is 1.35. The van der Waals surface area contributed by atoms with E-state index in [4.69, 9.17) is 4.98 Å². The molecule has 154 valence electrons. The molecule has 7 heteroatoms. The van der Waals surface area contributed by atoms with Crippen LogP contribution in [-0.4, -0.2) is 24.6 Å². The van der Waals surface area contributed by atoms with Crippen molar-refractivity contribution in [3.63, 3.8) is 0 Å². The van der Waals surface area contributed by atoms with Crippen LogP contribution < -0.4 is 11.0 Å². The predicted octanol–water partition coefficient (Wildman–Crippen LogP) is 3.44. The highest BCUT2D eigenvalue weighted by Crippen LogP contribution is 2.24. The molecule has 30 heavy (non-hydrogen) atoms. The molecular formula is C23H25N5O2. The number of amides is 1. The number of nitrogens with one attached hydrogen (secondary N) is 1. The molecule has 2 aromatic carbocycles. The van der Waals surface area contributed by atoms with Crippen LogP contribution in [0, 0.1) is 0 Å². The second-order valence-electron chi connectivity index (χ2n) is 7.97. The lowest BCUT2D eigenvalue weighted by atomic mass is 10.2. The van der Waals surface area contributed by atoms with Crippen molar-refractivity contribution in [2.45, 2.75) is 45.2 Å². The number of para-hydroxylation sites is 2. The number of fused-ring (bicyclic) bond motifs is 4. The zero-order chi connectivity index (χ0) is 20.7. The third-order valence-corrected chi connectivity index (χ3v) is 6.01. The van der Waals surface area contributed by atoms with Crippen LogP contribution in [0.3, 0.4) is 0 Å². The Bertz CT molecular complexity index is 1310. The van der Waals surface area contributed by atoms with E-state index in [1.165, 1.54) is 19.3 Å². The Morgan fingerprint density at radius 3 is 2.77 bits per heavy atom. The van der Waals surface area contributed by atoms with Gasteiger partial charge >= 0.3 is 5.69 Å². The number of benzene rings is 2. The molecule has 0 saturated carbocycles. The molecule has 2 aromatic heterocycles. The minimum absolute atomic E-state index is 0.107. The predicted molar refractivity (Wildman–Crippen MR) is 118 cm³/mol. The lowest BCUT2D eigenvalue weighted by Gasteiger charge is -2.07. The summed E-state index contributed by atoms with van der Waals surface area (Å²) in [6.07, 6.45) is 4.85. The fraction of sp³-hybridized carbons (Fsp3) is 0.348. The van der Waals surface area contributed by atoms with E-state index in [0.717, 1.165) is 46.5 Å². The van der Waals surface area contributed by atoms with Crippen molar-refractivity contribution in [1.29, 1.82) is 0 Å². The minimum Gasteiger partial charge on any atom is -0.328 e. The van der Waals surface area contributed by atoms with Crippen LogP contribution in [0.1, 0.15) is 31.5 Å². The molecule has 0 aliphatic carbocycles. The summed E-state index contributed by atoms with van der Waals surface area (Å²) in [7, 11) is 1.75. The molecule has 4 aromatic rings. The first-order chi connectivity index (χ1) is 14.6. The number of carbonyl (C=O) groups is 1. The lowest BCUT2D eigenvalue weighted by molar-refractivity contribution is -0.116. The Hall–Kier alpha value is -3.35. The Balaban J connectivity index is 1.32. The van der Waals surface area contributed by atoms with Gasteiger partial charge in [-0.3, -0.25) is 13.9 Å². The van der Waals surface area contributed by atoms with Crippen molar-refractivity contribution < 1.29 is 4.79 Å². The number of nitrogens with zero attached hydrogens (tertiary/aromatic N) is 4. The molecule has 1 aliphatic heterocycles. The third kappa shape index (κ3) is 3.20. The summed E-state index contributed by atoms with van der Waals surface area (Å²) < 4.78 is 5.58. The number of imidazole rings is 2. The molecule has 0 unspecified atom stereocenters. The minimum atomic E-state index is -0.116. The quantitative estimate of drug-likeness (QED) is 0.567. The summed E-state index contributed by atoms with van der Waals surface area (Å²) in [6, 6.07) is 13.6. The Kier molecular flexibility index (Phi) is 4.65. The van der Waals surface area contributed by atoms with Crippen LogP contribution in [0.25, 0.3) is 22.1 Å². The highest BCUT2D eigenvalue weighted by Gasteiger charge is 2.15. The number of hydrogen-bond donors (Lipinski definition) is 1. The highest BCUT2D eigenvalue weighted by molar-refractivity contribution is 5.93. The number of carbonyl (C=O) groups excluding carboxylic acids is 1. The number of aromatic nitrogens is 4. The monoisotopic (exact) mass is 403 g/mol. The van der Waals surface area contributed by atoms with E-state index < -0.39 is 0 Å². The van der Waals surface area contributed by atoms with Crippen LogP contribution in [-0.2, 0) is 31.4 Å². The fourth-order valence-electron chi connectivity index (χ4n) is 4.44. The molecule has 1 N–H and O–H groups in total. The fourth-order valence-corrected chi connectivity index (χ4v) is 4.44. The van der Waals surface area contributed by atoms with Crippen LogP contribution in [0.4, 0.5) is 5.69 Å². The average molecular weight is 403 g/mol. The van der Waals surface area contributed by atoms with Gasteiger partial charge in [-0.2, -0.15) is 0 Å². The molecule has 7 nitrogen and oxygen atoms in total. The first kappa shape index (κ1) is 18.7. The second kappa shape index (κ2) is 7.48. The molecule has 0 radical (unpaired) electrons. The van der Waals surface area contributed by atoms with Gasteiger partial charge in [-0.15, -0.1) is 0 Å². The molecule has 0 atom stereocenters. The van der Waals surface area contributed by atoms with Crippen molar-refractivity contribution in [2.24, 2.45) is 7.05 Å². The zero-order valence-electron chi connectivity index (χ0n) is 17.1. The maximum Gasteiger partial charge on any atom is 0.328 e. The number of rotatable bonds is 4. The molecule has 1 amide bonds. The SMILES string of the molecule is Cn1c(=O)n(CCC(=O)Nc2ccc3c(c2)nc2n3CCCCC2)c2ccccc21. The highest BCUT2D eigenvalue weighted by atomic mass is 16.2. The second-order valence-corrected chi connectivity index (χ2v) is 7.97. The molecule has 0 spiro atoms. The smallest absolute Gasteiger partial charge is 0.328 e. The number of anilines is 1. The molecule has 3 heterocycles. The van der Waals surface area contributed by atoms with Crippen LogP contribution >= 0.6 is 0 Å². The van der Waals surface area contributed by atoms with E-state index in [0.29, 0.717) is 6.54 Å². The standard InChI is InChI=1S/C23H25N5O2/c1-26-19-7-4-5-8-20(19)28(23(26)30)14-12-22(29)24-16-10-11-18-17(15-16)25-21-9-3-2-6-13-27(18)21/h4-5,7-8,10-11,15H,2-3,6,9,12-14H2,1H3,(H,24,29). The van der Waals surface area contributed by atoms with E-state index in [1.54, 1.807) is 16.2 Å². The van der Waals surface area contributed by atoms with Gasteiger partial charge in [-0.1, -0.05) is 18.6 Å². The molecular weight excluding hydrogens is 378 g/mol. The number of aryl methyl sites for hydroxylation is 4. The van der Waals surface area contributed by atoms with Gasteiger partial charge in [-0.25, -0.2) is 9.78 Å². The third-order valence-electron chi connectivity index (χ3n) is 6.01. The van der Waals surface area contributed by atoms with E-state index in [9.17, 15) is 9.59 Å². The van der Waals surface area contributed by atoms with Crippen molar-refractivity contribution in [1.82, 2.24) is 18.7 Å². The van der Waals surface area contributed by atoms with Crippen molar-refractivity contribution in [2.75, 3.05) is 5.32 Å². The topological polar surface area (TPSA) is 73.8 Å². The Morgan fingerprint density at radius 2 is 1.90 bits per heavy atom. The van der Waals surface area contributed by atoms with Gasteiger partial charge in [0.25, 0.3) is 0 Å². The molecule has 0 saturated heterocycles. The van der Waals surface area contributed by atoms with Gasteiger partial charge in [0, 0.05) is 38.7 Å². The Morgan fingerprint density at radius 1 is 1.07 bits per heavy atom. The van der Waals surface area contributed by atoms with Gasteiger partial charge in [0.05, 0.1) is 22.1 Å². The molecule has 1 aliphatic rings. The summed E-state index contributed by atoms with van der Waals surface area (Å²) in [5.41, 5.74) is 4.41. The maximum absolute atomic E-state index is 12.6. The lowest BCUT2D eigenvalue weighted by Crippen LogP contribution is -2.24.